The van der Waals surface area contributed by atoms with E-state index < -0.39 is 17.5 Å². The lowest BCUT2D eigenvalue weighted by Crippen LogP contribution is -2.33. The topological polar surface area (TPSA) is 111 Å². The average molecular weight is 431 g/mol. The molecular weight excluding hydrogens is 400 g/mol. The van der Waals surface area contributed by atoms with Gasteiger partial charge in [-0.15, -0.1) is 0 Å². The lowest BCUT2D eigenvalue weighted by atomic mass is 9.94. The maximum Gasteiger partial charge on any atom is 0.407 e. The Morgan fingerprint density at radius 2 is 1.52 bits per heavy atom. The zero-order chi connectivity index (χ0) is 22.9. The highest BCUT2D eigenvalue weighted by atomic mass is 16.6. The maximum atomic E-state index is 12.4. The van der Waals surface area contributed by atoms with Gasteiger partial charge in [0.05, 0.1) is 0 Å². The molecule has 8 nitrogen and oxygen atoms in total. The van der Waals surface area contributed by atoms with Gasteiger partial charge in [0.1, 0.15) is 5.60 Å². The Morgan fingerprint density at radius 1 is 0.903 bits per heavy atom. The predicted octanol–water partition coefficient (Wildman–Crippen LogP) is 3.17. The van der Waals surface area contributed by atoms with Crippen LogP contribution in [0.1, 0.15) is 67.2 Å². The molecule has 2 amide bonds. The zero-order valence-electron chi connectivity index (χ0n) is 18.3. The quantitative estimate of drug-likeness (QED) is 0.552. The van der Waals surface area contributed by atoms with Crippen LogP contribution in [0.25, 0.3) is 0 Å². The number of Topliss-reactive ketones (excluding diaryl/α,β-unsaturated/α-hetero) is 1. The van der Waals surface area contributed by atoms with Crippen molar-refractivity contribution >= 4 is 23.6 Å². The maximum absolute atomic E-state index is 12.4. The first-order valence-electron chi connectivity index (χ1n) is 10.4. The molecule has 0 spiro atoms. The van der Waals surface area contributed by atoms with Crippen molar-refractivity contribution in [2.24, 2.45) is 0 Å². The molecule has 0 unspecified atom stereocenters. The van der Waals surface area contributed by atoms with E-state index in [-0.39, 0.29) is 29.6 Å². The summed E-state index contributed by atoms with van der Waals surface area (Å²) in [6, 6.07) is 6.51. The fraction of sp³-hybridized carbons (Fsp3) is 0.478. The lowest BCUT2D eigenvalue weighted by Gasteiger charge is -2.19. The summed E-state index contributed by atoms with van der Waals surface area (Å²) in [6.45, 7) is 6.14. The standard InChI is InChI=1S/C23H30N2O6/c1-23(2,3)31-22(29)25-13-9-5-4-8-12-24-20(27)15-30-19-14-18(26)16-10-6-7-11-17(16)21(19)28/h6-7,10-11,14H,4-5,8-9,12-13,15H2,1-3H3,(H,24,27)(H,25,29). The second-order valence-corrected chi connectivity index (χ2v) is 8.23. The van der Waals surface area contributed by atoms with Gasteiger partial charge in [-0.1, -0.05) is 37.1 Å². The lowest BCUT2D eigenvalue weighted by molar-refractivity contribution is -0.124. The summed E-state index contributed by atoms with van der Waals surface area (Å²) in [6.07, 6.45) is 4.12. The number of benzene rings is 1. The van der Waals surface area contributed by atoms with Crippen LogP contribution in [-0.4, -0.2) is 48.9 Å². The molecular formula is C23H30N2O6. The zero-order valence-corrected chi connectivity index (χ0v) is 18.3. The van der Waals surface area contributed by atoms with Gasteiger partial charge in [0.2, 0.25) is 5.78 Å². The molecule has 31 heavy (non-hydrogen) atoms. The largest absolute Gasteiger partial charge is 0.480 e. The van der Waals surface area contributed by atoms with E-state index in [4.69, 9.17) is 9.47 Å². The molecule has 0 fully saturated rings. The molecule has 1 aliphatic rings. The number of amides is 2. The van der Waals surface area contributed by atoms with Gasteiger partial charge in [0.25, 0.3) is 5.91 Å². The Labute approximate surface area is 182 Å². The number of fused-ring (bicyclic) bond motifs is 1. The van der Waals surface area contributed by atoms with Gasteiger partial charge in [-0.3, -0.25) is 14.4 Å². The number of ether oxygens (including phenoxy) is 2. The number of unbranched alkanes of at least 4 members (excludes halogenated alkanes) is 3. The summed E-state index contributed by atoms with van der Waals surface area (Å²) < 4.78 is 10.4. The number of rotatable bonds is 10. The van der Waals surface area contributed by atoms with Crippen molar-refractivity contribution in [2.45, 2.75) is 52.1 Å². The third-order valence-electron chi connectivity index (χ3n) is 4.38. The van der Waals surface area contributed by atoms with Crippen LogP contribution in [0.3, 0.4) is 0 Å². The first-order chi connectivity index (χ1) is 14.7. The summed E-state index contributed by atoms with van der Waals surface area (Å²) in [5, 5.41) is 5.43. The van der Waals surface area contributed by atoms with Crippen LogP contribution in [0, 0.1) is 0 Å². The summed E-state index contributed by atoms with van der Waals surface area (Å²) >= 11 is 0. The van der Waals surface area contributed by atoms with Gasteiger partial charge < -0.3 is 20.1 Å². The molecule has 0 heterocycles. The number of hydrogen-bond acceptors (Lipinski definition) is 6. The summed E-state index contributed by atoms with van der Waals surface area (Å²) in [4.78, 5) is 47.9. The molecule has 0 saturated heterocycles. The van der Waals surface area contributed by atoms with Crippen molar-refractivity contribution in [3.05, 3.63) is 47.2 Å². The second kappa shape index (κ2) is 11.3. The van der Waals surface area contributed by atoms with E-state index in [0.29, 0.717) is 18.7 Å². The third kappa shape index (κ3) is 8.24. The summed E-state index contributed by atoms with van der Waals surface area (Å²) in [7, 11) is 0. The van der Waals surface area contributed by atoms with Crippen LogP contribution in [-0.2, 0) is 14.3 Å². The molecule has 0 bridgehead atoms. The SMILES string of the molecule is CC(C)(C)OC(=O)NCCCCCCNC(=O)COC1=CC(=O)c2ccccc2C1=O. The van der Waals surface area contributed by atoms with E-state index in [1.807, 2.05) is 20.8 Å². The van der Waals surface area contributed by atoms with Crippen LogP contribution in [0.15, 0.2) is 36.1 Å². The molecule has 0 radical (unpaired) electrons. The highest BCUT2D eigenvalue weighted by Gasteiger charge is 2.26. The number of carbonyl (C=O) groups is 4. The minimum Gasteiger partial charge on any atom is -0.480 e. The molecule has 168 valence electrons. The van der Waals surface area contributed by atoms with Gasteiger partial charge in [-0.25, -0.2) is 4.79 Å². The molecule has 2 N–H and O–H groups in total. The number of allylic oxidation sites excluding steroid dienone is 2. The van der Waals surface area contributed by atoms with Gasteiger partial charge in [-0.2, -0.15) is 0 Å². The van der Waals surface area contributed by atoms with E-state index in [2.05, 4.69) is 10.6 Å². The predicted molar refractivity (Wildman–Crippen MR) is 115 cm³/mol. The number of nitrogens with one attached hydrogen (secondary N) is 2. The molecule has 0 aliphatic heterocycles. The first kappa shape index (κ1) is 24.1. The van der Waals surface area contributed by atoms with E-state index in [1.165, 1.54) is 0 Å². The number of ketones is 2. The Kier molecular flexibility index (Phi) is 8.78. The number of carbonyl (C=O) groups excluding carboxylic acids is 4. The fourth-order valence-corrected chi connectivity index (χ4v) is 2.93. The smallest absolute Gasteiger partial charge is 0.407 e. The Morgan fingerprint density at radius 3 is 2.16 bits per heavy atom. The normalized spacial score (nSPS) is 13.2. The van der Waals surface area contributed by atoms with Crippen molar-refractivity contribution in [2.75, 3.05) is 19.7 Å². The summed E-state index contributed by atoms with van der Waals surface area (Å²) in [5.74, 6) is -1.18. The van der Waals surface area contributed by atoms with Crippen molar-refractivity contribution < 1.29 is 28.7 Å². The van der Waals surface area contributed by atoms with Crippen LogP contribution in [0.5, 0.6) is 0 Å². The van der Waals surface area contributed by atoms with Gasteiger partial charge in [0.15, 0.2) is 18.1 Å². The van der Waals surface area contributed by atoms with Crippen LogP contribution in [0.4, 0.5) is 4.79 Å². The molecule has 0 aromatic heterocycles. The van der Waals surface area contributed by atoms with Crippen molar-refractivity contribution in [3.63, 3.8) is 0 Å². The van der Waals surface area contributed by atoms with E-state index in [0.717, 1.165) is 31.8 Å². The molecule has 1 aromatic rings. The van der Waals surface area contributed by atoms with E-state index in [1.54, 1.807) is 24.3 Å². The average Bonchev–Trinajstić information content (AvgIpc) is 2.70. The van der Waals surface area contributed by atoms with Gasteiger partial charge in [-0.05, 0) is 33.6 Å². The molecule has 0 saturated carbocycles. The minimum absolute atomic E-state index is 0.115. The second-order valence-electron chi connectivity index (χ2n) is 8.23. The van der Waals surface area contributed by atoms with Crippen molar-refractivity contribution in [1.82, 2.24) is 10.6 Å². The van der Waals surface area contributed by atoms with Crippen LogP contribution < -0.4 is 10.6 Å². The molecule has 0 atom stereocenters. The third-order valence-corrected chi connectivity index (χ3v) is 4.38. The number of hydrogen-bond donors (Lipinski definition) is 2. The van der Waals surface area contributed by atoms with Crippen molar-refractivity contribution in [1.29, 1.82) is 0 Å². The monoisotopic (exact) mass is 430 g/mol. The van der Waals surface area contributed by atoms with E-state index >= 15 is 0 Å². The van der Waals surface area contributed by atoms with E-state index in [9.17, 15) is 19.2 Å². The molecule has 2 rings (SSSR count). The summed E-state index contributed by atoms with van der Waals surface area (Å²) in [5.41, 5.74) is 0.115. The minimum atomic E-state index is -0.507. The van der Waals surface area contributed by atoms with Crippen molar-refractivity contribution in [3.8, 4) is 0 Å². The Bertz CT molecular complexity index is 854. The number of alkyl carbamates (subject to hydrolysis) is 1. The first-order valence-corrected chi connectivity index (χ1v) is 10.4. The highest BCUT2D eigenvalue weighted by Crippen LogP contribution is 2.21. The van der Waals surface area contributed by atoms with Crippen LogP contribution in [0.2, 0.25) is 0 Å². The van der Waals surface area contributed by atoms with Gasteiger partial charge in [0, 0.05) is 30.3 Å². The molecule has 1 aliphatic carbocycles. The Hall–Kier alpha value is -3.16. The molecule has 8 heteroatoms. The van der Waals surface area contributed by atoms with Gasteiger partial charge >= 0.3 is 6.09 Å². The Balaban J connectivity index is 1.56. The van der Waals surface area contributed by atoms with Crippen LogP contribution >= 0.6 is 0 Å². The fourth-order valence-electron chi connectivity index (χ4n) is 2.93. The highest BCUT2D eigenvalue weighted by molar-refractivity contribution is 6.23. The molecule has 1 aromatic carbocycles.